The van der Waals surface area contributed by atoms with Gasteiger partial charge in [-0.25, -0.2) is 4.39 Å². The van der Waals surface area contributed by atoms with Gasteiger partial charge in [-0.05, 0) is 37.3 Å². The fourth-order valence-corrected chi connectivity index (χ4v) is 2.98. The summed E-state index contributed by atoms with van der Waals surface area (Å²) < 4.78 is 16.4. The van der Waals surface area contributed by atoms with E-state index in [1.54, 1.807) is 0 Å². The van der Waals surface area contributed by atoms with Crippen LogP contribution in [0.25, 0.3) is 0 Å². The minimum atomic E-state index is -1.09. The third-order valence-electron chi connectivity index (χ3n) is 4.20. The summed E-state index contributed by atoms with van der Waals surface area (Å²) in [6.07, 6.45) is 11.5. The summed E-state index contributed by atoms with van der Waals surface area (Å²) in [5, 5.41) is 0. The van der Waals surface area contributed by atoms with Gasteiger partial charge in [0.2, 0.25) is 0 Å². The first kappa shape index (κ1) is 18.7. The van der Waals surface area contributed by atoms with Crippen LogP contribution >= 0.6 is 0 Å². The zero-order valence-electron chi connectivity index (χ0n) is 14.4. The van der Waals surface area contributed by atoms with Crippen LogP contribution in [0.5, 0.6) is 0 Å². The van der Waals surface area contributed by atoms with E-state index in [9.17, 15) is 4.39 Å². The Morgan fingerprint density at radius 2 is 1.73 bits per heavy atom. The molecular weight excluding hydrogens is 273 g/mol. The molecule has 0 saturated heterocycles. The number of alkyl halides is 1. The van der Waals surface area contributed by atoms with Crippen LogP contribution in [0, 0.1) is 0 Å². The molecule has 0 aliphatic carbocycles. The van der Waals surface area contributed by atoms with Gasteiger partial charge in [-0.1, -0.05) is 58.3 Å². The highest BCUT2D eigenvalue weighted by molar-refractivity contribution is 5.32. The maximum absolute atomic E-state index is 14.2. The lowest BCUT2D eigenvalue weighted by molar-refractivity contribution is 0.393. The number of nitrogens with zero attached hydrogens (tertiary/aromatic N) is 1. The van der Waals surface area contributed by atoms with Crippen molar-refractivity contribution in [2.45, 2.75) is 77.9 Å². The third-order valence-corrected chi connectivity index (χ3v) is 4.20. The lowest BCUT2D eigenvalue weighted by Gasteiger charge is -2.13. The number of hydrogen-bond donors (Lipinski definition) is 0. The number of unbranched alkanes of at least 4 members (excludes halogenated alkanes) is 4. The molecule has 0 radical (unpaired) electrons. The highest BCUT2D eigenvalue weighted by Crippen LogP contribution is 2.28. The van der Waals surface area contributed by atoms with Crippen molar-refractivity contribution in [2.75, 3.05) is 0 Å². The second-order valence-corrected chi connectivity index (χ2v) is 5.99. The minimum Gasteiger partial charge on any atom is -0.342 e. The molecule has 1 unspecified atom stereocenters. The Balaban J connectivity index is 3.08. The first-order valence-corrected chi connectivity index (χ1v) is 8.78. The van der Waals surface area contributed by atoms with E-state index in [0.717, 1.165) is 18.5 Å². The van der Waals surface area contributed by atoms with Gasteiger partial charge in [-0.3, -0.25) is 0 Å². The number of aryl methyl sites for hydroxylation is 1. The average Bonchev–Trinajstić information content (AvgIpc) is 2.86. The molecule has 1 nitrogen and oxygen atoms in total. The van der Waals surface area contributed by atoms with Gasteiger partial charge < -0.3 is 4.57 Å². The Morgan fingerprint density at radius 1 is 1.09 bits per heavy atom. The van der Waals surface area contributed by atoms with Gasteiger partial charge in [0.15, 0.2) is 6.17 Å². The zero-order valence-corrected chi connectivity index (χ0v) is 14.4. The fourth-order valence-electron chi connectivity index (χ4n) is 2.98. The van der Waals surface area contributed by atoms with Crippen molar-refractivity contribution < 1.29 is 4.39 Å². The number of allylic oxidation sites excluding steroid dienone is 2. The first-order chi connectivity index (χ1) is 10.7. The van der Waals surface area contributed by atoms with Crippen LogP contribution in [0.1, 0.15) is 75.5 Å². The number of aromatic nitrogens is 1. The molecule has 0 fully saturated rings. The molecule has 0 spiro atoms. The third kappa shape index (κ3) is 5.15. The number of hydrogen-bond acceptors (Lipinski definition) is 0. The Morgan fingerprint density at radius 3 is 2.27 bits per heavy atom. The molecule has 0 amide bonds. The Labute approximate surface area is 135 Å². The van der Waals surface area contributed by atoms with Gasteiger partial charge in [-0.2, -0.15) is 0 Å². The zero-order chi connectivity index (χ0) is 16.4. The normalized spacial score (nSPS) is 12.3. The van der Waals surface area contributed by atoms with Gasteiger partial charge in [0, 0.05) is 12.2 Å². The molecule has 2 heteroatoms. The second-order valence-electron chi connectivity index (χ2n) is 5.99. The van der Waals surface area contributed by atoms with E-state index in [1.165, 1.54) is 55.9 Å². The number of halogens is 1. The van der Waals surface area contributed by atoms with E-state index in [1.807, 2.05) is 6.08 Å². The van der Waals surface area contributed by atoms with Crippen molar-refractivity contribution in [1.82, 2.24) is 4.57 Å². The summed E-state index contributed by atoms with van der Waals surface area (Å²) in [7, 11) is 0. The standard InChI is InChI=1S/C20H32FN/c1-5-9-11-13-17-16-20(18(21)8-4)22(15-7-3)19(17)14-12-10-6-2/h7-8,16,18H,3-6,9-15H2,1-2H3. The molecule has 0 bridgehead atoms. The summed E-state index contributed by atoms with van der Waals surface area (Å²) >= 11 is 0. The Hall–Kier alpha value is -1.31. The Kier molecular flexibility index (Phi) is 8.88. The summed E-state index contributed by atoms with van der Waals surface area (Å²) in [6.45, 7) is 12.6. The van der Waals surface area contributed by atoms with Gasteiger partial charge in [0.1, 0.15) is 0 Å². The van der Waals surface area contributed by atoms with Crippen molar-refractivity contribution in [2.24, 2.45) is 0 Å². The molecule has 124 valence electrons. The van der Waals surface area contributed by atoms with E-state index >= 15 is 0 Å². The molecule has 0 aromatic carbocycles. The maximum Gasteiger partial charge on any atom is 0.158 e. The SMILES string of the molecule is C=CCn1c(C(F)C=C)cc(CCCCC)c1CCCCC. The van der Waals surface area contributed by atoms with Gasteiger partial charge in [-0.15, -0.1) is 6.58 Å². The molecule has 0 saturated carbocycles. The minimum absolute atomic E-state index is 0.679. The average molecular weight is 305 g/mol. The monoisotopic (exact) mass is 305 g/mol. The Bertz CT molecular complexity index is 459. The fraction of sp³-hybridized carbons (Fsp3) is 0.600. The van der Waals surface area contributed by atoms with E-state index in [4.69, 9.17) is 0 Å². The second kappa shape index (κ2) is 10.4. The predicted molar refractivity (Wildman–Crippen MR) is 95.1 cm³/mol. The number of rotatable bonds is 12. The van der Waals surface area contributed by atoms with E-state index in [2.05, 4.69) is 37.6 Å². The lowest BCUT2D eigenvalue weighted by Crippen LogP contribution is -2.08. The topological polar surface area (TPSA) is 4.93 Å². The molecule has 1 heterocycles. The molecule has 0 aliphatic rings. The van der Waals surface area contributed by atoms with Crippen LogP contribution in [0.3, 0.4) is 0 Å². The molecular formula is C20H32FN. The van der Waals surface area contributed by atoms with E-state index < -0.39 is 6.17 Å². The molecule has 1 rings (SSSR count). The lowest BCUT2D eigenvalue weighted by atomic mass is 10.0. The molecule has 1 aromatic heterocycles. The van der Waals surface area contributed by atoms with Gasteiger partial charge >= 0.3 is 0 Å². The summed E-state index contributed by atoms with van der Waals surface area (Å²) in [5.74, 6) is 0. The van der Waals surface area contributed by atoms with Crippen LogP contribution in [0.15, 0.2) is 31.4 Å². The molecule has 0 aliphatic heterocycles. The van der Waals surface area contributed by atoms with Crippen molar-refractivity contribution in [3.8, 4) is 0 Å². The van der Waals surface area contributed by atoms with Crippen molar-refractivity contribution in [3.05, 3.63) is 48.3 Å². The van der Waals surface area contributed by atoms with Crippen LogP contribution in [0.4, 0.5) is 4.39 Å². The smallest absolute Gasteiger partial charge is 0.158 e. The summed E-state index contributed by atoms with van der Waals surface area (Å²) in [5.41, 5.74) is 3.38. The van der Waals surface area contributed by atoms with Gasteiger partial charge in [0.05, 0.1) is 5.69 Å². The molecule has 22 heavy (non-hydrogen) atoms. The van der Waals surface area contributed by atoms with Crippen molar-refractivity contribution in [3.63, 3.8) is 0 Å². The van der Waals surface area contributed by atoms with E-state index in [-0.39, 0.29) is 0 Å². The molecule has 1 aromatic rings. The highest BCUT2D eigenvalue weighted by atomic mass is 19.1. The highest BCUT2D eigenvalue weighted by Gasteiger charge is 2.18. The van der Waals surface area contributed by atoms with Crippen LogP contribution in [-0.4, -0.2) is 4.57 Å². The van der Waals surface area contributed by atoms with Crippen LogP contribution in [-0.2, 0) is 19.4 Å². The van der Waals surface area contributed by atoms with Crippen molar-refractivity contribution >= 4 is 0 Å². The van der Waals surface area contributed by atoms with Gasteiger partial charge in [0.25, 0.3) is 0 Å². The first-order valence-electron chi connectivity index (χ1n) is 8.78. The quantitative estimate of drug-likeness (QED) is 0.314. The van der Waals surface area contributed by atoms with E-state index in [0.29, 0.717) is 6.54 Å². The van der Waals surface area contributed by atoms with Crippen LogP contribution in [0.2, 0.25) is 0 Å². The van der Waals surface area contributed by atoms with Crippen molar-refractivity contribution in [1.29, 1.82) is 0 Å². The molecule has 0 N–H and O–H groups in total. The van der Waals surface area contributed by atoms with Crippen LogP contribution < -0.4 is 0 Å². The summed E-state index contributed by atoms with van der Waals surface area (Å²) in [6, 6.07) is 2.06. The maximum atomic E-state index is 14.2. The molecule has 1 atom stereocenters. The largest absolute Gasteiger partial charge is 0.342 e. The summed E-state index contributed by atoms with van der Waals surface area (Å²) in [4.78, 5) is 0. The predicted octanol–water partition coefficient (Wildman–Crippen LogP) is 6.34.